The van der Waals surface area contributed by atoms with Gasteiger partial charge in [-0.05, 0) is 18.2 Å². The number of carboxylic acids is 1. The van der Waals surface area contributed by atoms with Gasteiger partial charge >= 0.3 is 5.97 Å². The Balaban J connectivity index is 2.42. The van der Waals surface area contributed by atoms with Crippen molar-refractivity contribution in [1.82, 2.24) is 9.38 Å². The molecule has 4 nitrogen and oxygen atoms in total. The van der Waals surface area contributed by atoms with Crippen LogP contribution in [0.5, 0.6) is 0 Å². The van der Waals surface area contributed by atoms with Crippen molar-refractivity contribution in [3.63, 3.8) is 0 Å². The van der Waals surface area contributed by atoms with Crippen LogP contribution in [0.15, 0.2) is 42.6 Å². The number of rotatable bonds is 2. The lowest BCUT2D eigenvalue weighted by molar-refractivity contribution is 0.0690. The second-order valence-corrected chi connectivity index (χ2v) is 4.55. The number of nitrogens with zero attached hydrogens (tertiary/aromatic N) is 2. The summed E-state index contributed by atoms with van der Waals surface area (Å²) < 4.78 is 15.0. The highest BCUT2D eigenvalue weighted by Gasteiger charge is 2.22. The molecule has 0 fully saturated rings. The Kier molecular flexibility index (Phi) is 2.91. The van der Waals surface area contributed by atoms with Gasteiger partial charge in [-0.2, -0.15) is 0 Å². The molecule has 20 heavy (non-hydrogen) atoms. The zero-order valence-corrected chi connectivity index (χ0v) is 10.8. The van der Waals surface area contributed by atoms with E-state index < -0.39 is 11.8 Å². The van der Waals surface area contributed by atoms with Gasteiger partial charge < -0.3 is 5.11 Å². The number of aromatic carboxylic acids is 1. The predicted molar refractivity (Wildman–Crippen MR) is 72.6 cm³/mol. The topological polar surface area (TPSA) is 54.6 Å². The maximum atomic E-state index is 13.7. The van der Waals surface area contributed by atoms with Crippen molar-refractivity contribution in [3.05, 3.63) is 59.1 Å². The van der Waals surface area contributed by atoms with Gasteiger partial charge in [-0.25, -0.2) is 14.2 Å². The Bertz CT molecular complexity index is 829. The van der Waals surface area contributed by atoms with Crippen LogP contribution < -0.4 is 0 Å². The van der Waals surface area contributed by atoms with Gasteiger partial charge in [0.2, 0.25) is 0 Å². The van der Waals surface area contributed by atoms with Crippen molar-refractivity contribution in [2.75, 3.05) is 0 Å². The molecular weight excluding hydrogens is 283 g/mol. The lowest BCUT2D eigenvalue weighted by atomic mass is 10.1. The van der Waals surface area contributed by atoms with Crippen molar-refractivity contribution < 1.29 is 14.3 Å². The summed E-state index contributed by atoms with van der Waals surface area (Å²) in [4.78, 5) is 15.6. The largest absolute Gasteiger partial charge is 0.476 e. The standard InChI is InChI=1S/C14H8ClFN2O2/c15-9-5-2-1-4-8(9)11-12(14(19)20)18-7-3-6-10(16)13(18)17-11/h1-7H,(H,19,20). The van der Waals surface area contributed by atoms with E-state index in [1.54, 1.807) is 24.3 Å². The van der Waals surface area contributed by atoms with Crippen LogP contribution in [0.1, 0.15) is 10.5 Å². The van der Waals surface area contributed by atoms with Gasteiger partial charge in [0.15, 0.2) is 17.2 Å². The first kappa shape index (κ1) is 12.6. The fourth-order valence-electron chi connectivity index (χ4n) is 2.08. The highest BCUT2D eigenvalue weighted by molar-refractivity contribution is 6.33. The molecular formula is C14H8ClFN2O2. The van der Waals surface area contributed by atoms with E-state index in [4.69, 9.17) is 11.6 Å². The maximum absolute atomic E-state index is 13.7. The molecule has 0 radical (unpaired) electrons. The molecule has 2 heterocycles. The molecule has 0 unspecified atom stereocenters. The van der Waals surface area contributed by atoms with Gasteiger partial charge in [-0.15, -0.1) is 0 Å². The number of benzene rings is 1. The molecule has 1 aromatic carbocycles. The van der Waals surface area contributed by atoms with Crippen LogP contribution in [0.3, 0.4) is 0 Å². The number of halogens is 2. The Morgan fingerprint density at radius 2 is 2.00 bits per heavy atom. The van der Waals surface area contributed by atoms with Crippen LogP contribution in [-0.2, 0) is 0 Å². The summed E-state index contributed by atoms with van der Waals surface area (Å²) in [7, 11) is 0. The van der Waals surface area contributed by atoms with Crippen LogP contribution in [0, 0.1) is 5.82 Å². The Labute approximate surface area is 118 Å². The number of fused-ring (bicyclic) bond motifs is 1. The van der Waals surface area contributed by atoms with Crippen LogP contribution in [0.4, 0.5) is 4.39 Å². The highest BCUT2D eigenvalue weighted by Crippen LogP contribution is 2.30. The molecule has 0 saturated heterocycles. The summed E-state index contributed by atoms with van der Waals surface area (Å²) in [6.45, 7) is 0. The SMILES string of the molecule is O=C(O)c1c(-c2ccccc2Cl)nc2c(F)cccn12. The molecule has 2 aromatic heterocycles. The third-order valence-corrected chi connectivity index (χ3v) is 3.26. The summed E-state index contributed by atoms with van der Waals surface area (Å²) in [5.41, 5.74) is 0.440. The quantitative estimate of drug-likeness (QED) is 0.786. The van der Waals surface area contributed by atoms with E-state index in [0.717, 1.165) is 0 Å². The van der Waals surface area contributed by atoms with E-state index in [1.165, 1.54) is 22.7 Å². The normalized spacial score (nSPS) is 10.9. The molecule has 1 N–H and O–H groups in total. The number of carbonyl (C=O) groups is 1. The average molecular weight is 291 g/mol. The first-order valence-electron chi connectivity index (χ1n) is 5.74. The molecule has 0 spiro atoms. The zero-order valence-electron chi connectivity index (χ0n) is 10.0. The van der Waals surface area contributed by atoms with E-state index in [0.29, 0.717) is 10.6 Å². The van der Waals surface area contributed by atoms with Crippen LogP contribution in [0.25, 0.3) is 16.9 Å². The molecule has 3 rings (SSSR count). The van der Waals surface area contributed by atoms with Gasteiger partial charge in [-0.3, -0.25) is 4.40 Å². The van der Waals surface area contributed by atoms with Gasteiger partial charge in [0.25, 0.3) is 0 Å². The highest BCUT2D eigenvalue weighted by atomic mass is 35.5. The summed E-state index contributed by atoms with van der Waals surface area (Å²) in [5.74, 6) is -1.79. The van der Waals surface area contributed by atoms with Crippen molar-refractivity contribution in [2.24, 2.45) is 0 Å². The summed E-state index contributed by atoms with van der Waals surface area (Å²) in [5, 5.41) is 9.73. The summed E-state index contributed by atoms with van der Waals surface area (Å²) in [6, 6.07) is 9.37. The second kappa shape index (κ2) is 4.61. The third kappa shape index (κ3) is 1.83. The molecule has 100 valence electrons. The van der Waals surface area contributed by atoms with Gasteiger partial charge in [0.05, 0.1) is 5.02 Å². The van der Waals surface area contributed by atoms with E-state index in [2.05, 4.69) is 4.98 Å². The lowest BCUT2D eigenvalue weighted by Gasteiger charge is -2.02. The number of imidazole rings is 1. The second-order valence-electron chi connectivity index (χ2n) is 4.14. The number of carboxylic acid groups (broad SMARTS) is 1. The molecule has 0 amide bonds. The van der Waals surface area contributed by atoms with Crippen LogP contribution >= 0.6 is 11.6 Å². The molecule has 0 atom stereocenters. The predicted octanol–water partition coefficient (Wildman–Crippen LogP) is 3.49. The van der Waals surface area contributed by atoms with Gasteiger partial charge in [0.1, 0.15) is 5.69 Å². The van der Waals surface area contributed by atoms with E-state index in [1.807, 2.05) is 0 Å². The fraction of sp³-hybridized carbons (Fsp3) is 0. The minimum Gasteiger partial charge on any atom is -0.476 e. The number of hydrogen-bond donors (Lipinski definition) is 1. The van der Waals surface area contributed by atoms with Crippen molar-refractivity contribution >= 4 is 23.2 Å². The first-order valence-corrected chi connectivity index (χ1v) is 6.12. The molecule has 0 aliphatic rings. The van der Waals surface area contributed by atoms with E-state index in [9.17, 15) is 14.3 Å². The number of pyridine rings is 1. The molecule has 3 aromatic rings. The minimum atomic E-state index is -1.20. The number of hydrogen-bond acceptors (Lipinski definition) is 2. The Morgan fingerprint density at radius 1 is 1.25 bits per heavy atom. The molecule has 0 aliphatic heterocycles. The minimum absolute atomic E-state index is 0.0418. The van der Waals surface area contributed by atoms with Crippen LogP contribution in [0.2, 0.25) is 5.02 Å². The van der Waals surface area contributed by atoms with Gasteiger partial charge in [-0.1, -0.05) is 29.8 Å². The van der Waals surface area contributed by atoms with Crippen LogP contribution in [-0.4, -0.2) is 20.5 Å². The Morgan fingerprint density at radius 3 is 2.70 bits per heavy atom. The molecule has 0 saturated carbocycles. The average Bonchev–Trinajstić information content (AvgIpc) is 2.80. The molecule has 0 bridgehead atoms. The fourth-order valence-corrected chi connectivity index (χ4v) is 2.31. The van der Waals surface area contributed by atoms with E-state index >= 15 is 0 Å². The van der Waals surface area contributed by atoms with E-state index in [-0.39, 0.29) is 17.0 Å². The van der Waals surface area contributed by atoms with Crippen molar-refractivity contribution in [3.8, 4) is 11.3 Å². The summed E-state index contributed by atoms with van der Waals surface area (Å²) in [6.07, 6.45) is 1.45. The lowest BCUT2D eigenvalue weighted by Crippen LogP contribution is -2.03. The summed E-state index contributed by atoms with van der Waals surface area (Å²) >= 11 is 6.07. The molecule has 6 heteroatoms. The van der Waals surface area contributed by atoms with Gasteiger partial charge in [0, 0.05) is 11.8 Å². The van der Waals surface area contributed by atoms with Crippen molar-refractivity contribution in [1.29, 1.82) is 0 Å². The third-order valence-electron chi connectivity index (χ3n) is 2.93. The molecule has 0 aliphatic carbocycles. The Hall–Kier alpha value is -2.40. The van der Waals surface area contributed by atoms with Crippen molar-refractivity contribution in [2.45, 2.75) is 0 Å². The maximum Gasteiger partial charge on any atom is 0.355 e. The smallest absolute Gasteiger partial charge is 0.355 e. The number of aromatic nitrogens is 2. The zero-order chi connectivity index (χ0) is 14.3. The first-order chi connectivity index (χ1) is 9.59. The monoisotopic (exact) mass is 290 g/mol.